The van der Waals surface area contributed by atoms with E-state index in [0.717, 1.165) is 0 Å². The van der Waals surface area contributed by atoms with Crippen LogP contribution in [0.4, 0.5) is 0 Å². The summed E-state index contributed by atoms with van der Waals surface area (Å²) in [6.45, 7) is 0. The number of phenolic OH excluding ortho intramolecular Hbond substituents is 1. The second-order valence-electron chi connectivity index (χ2n) is 2.96. The molecule has 0 spiro atoms. The molecule has 0 aromatic heterocycles. The highest BCUT2D eigenvalue weighted by Gasteiger charge is 2.03. The van der Waals surface area contributed by atoms with Gasteiger partial charge < -0.3 is 10.2 Å². The normalized spacial score (nSPS) is 10.4. The minimum atomic E-state index is -0.939. The van der Waals surface area contributed by atoms with Gasteiger partial charge in [-0.1, -0.05) is 6.07 Å². The van der Waals surface area contributed by atoms with Crippen molar-refractivity contribution in [3.8, 4) is 5.75 Å². The van der Waals surface area contributed by atoms with Crippen molar-refractivity contribution in [1.82, 2.24) is 0 Å². The number of carboxylic acid groups (broad SMARTS) is 1. The Bertz CT molecular complexity index is 407. The van der Waals surface area contributed by atoms with Crippen molar-refractivity contribution < 1.29 is 19.8 Å². The summed E-state index contributed by atoms with van der Waals surface area (Å²) in [7, 11) is 0. The Morgan fingerprint density at radius 2 is 2.13 bits per heavy atom. The molecule has 0 aliphatic heterocycles. The minimum absolute atomic E-state index is 0.0160. The number of carboxylic acids is 1. The lowest BCUT2D eigenvalue weighted by Gasteiger charge is -2.01. The van der Waals surface area contributed by atoms with Crippen LogP contribution in [-0.2, 0) is 16.0 Å². The number of allylic oxidation sites excluding steroid dienone is 1. The van der Waals surface area contributed by atoms with Gasteiger partial charge in [0, 0.05) is 5.56 Å². The van der Waals surface area contributed by atoms with Crippen LogP contribution in [0.3, 0.4) is 0 Å². The summed E-state index contributed by atoms with van der Waals surface area (Å²) in [5, 5.41) is 17.9. The molecule has 0 atom stereocenters. The van der Waals surface area contributed by atoms with E-state index in [0.29, 0.717) is 17.4 Å². The number of hydrogen-bond donors (Lipinski definition) is 2. The first-order chi connectivity index (χ1) is 7.13. The Hall–Kier alpha value is -2.10. The molecule has 78 valence electrons. The molecule has 0 saturated heterocycles. The molecule has 2 N–H and O–H groups in total. The number of hydrogen-bond acceptors (Lipinski definition) is 3. The number of carbonyl (C=O) groups excluding carboxylic acids is 1. The Morgan fingerprint density at radius 3 is 2.73 bits per heavy atom. The summed E-state index contributed by atoms with van der Waals surface area (Å²) >= 11 is 0. The lowest BCUT2D eigenvalue weighted by Crippen LogP contribution is -1.99. The number of phenols is 1. The van der Waals surface area contributed by atoms with Gasteiger partial charge in [-0.2, -0.15) is 0 Å². The molecular weight excluding hydrogens is 196 g/mol. The Kier molecular flexibility index (Phi) is 3.62. The lowest BCUT2D eigenvalue weighted by atomic mass is 10.1. The molecule has 4 nitrogen and oxygen atoms in total. The predicted octanol–water partition coefficient (Wildman–Crippen LogP) is 1.23. The molecule has 0 unspecified atom stereocenters. The predicted molar refractivity (Wildman–Crippen MR) is 54.5 cm³/mol. The van der Waals surface area contributed by atoms with Crippen molar-refractivity contribution in [3.05, 3.63) is 35.4 Å². The van der Waals surface area contributed by atoms with Crippen LogP contribution in [0.25, 0.3) is 6.08 Å². The fraction of sp³-hybridized carbons (Fsp3) is 0.0909. The number of aliphatic carboxylic acids is 1. The van der Waals surface area contributed by atoms with Crippen molar-refractivity contribution in [3.63, 3.8) is 0 Å². The zero-order chi connectivity index (χ0) is 11.3. The summed E-state index contributed by atoms with van der Waals surface area (Å²) in [5.74, 6) is -0.923. The monoisotopic (exact) mass is 206 g/mol. The van der Waals surface area contributed by atoms with Gasteiger partial charge in [-0.15, -0.1) is 0 Å². The zero-order valence-electron chi connectivity index (χ0n) is 7.88. The molecule has 1 rings (SSSR count). The third kappa shape index (κ3) is 3.27. The van der Waals surface area contributed by atoms with Crippen LogP contribution in [0.1, 0.15) is 11.1 Å². The lowest BCUT2D eigenvalue weighted by molar-refractivity contribution is -0.136. The maximum absolute atomic E-state index is 10.4. The van der Waals surface area contributed by atoms with Crippen LogP contribution in [-0.4, -0.2) is 22.5 Å². The molecule has 15 heavy (non-hydrogen) atoms. The Morgan fingerprint density at radius 1 is 1.40 bits per heavy atom. The topological polar surface area (TPSA) is 74.6 Å². The first-order valence-corrected chi connectivity index (χ1v) is 4.29. The van der Waals surface area contributed by atoms with E-state index in [2.05, 4.69) is 0 Å². The van der Waals surface area contributed by atoms with Crippen LogP contribution in [0.5, 0.6) is 5.75 Å². The SMILES string of the molecule is O=CC=Cc1cc(CC(=O)O)ccc1O. The first-order valence-electron chi connectivity index (χ1n) is 4.29. The molecule has 0 heterocycles. The summed E-state index contributed by atoms with van der Waals surface area (Å²) < 4.78 is 0. The van der Waals surface area contributed by atoms with E-state index in [9.17, 15) is 14.7 Å². The molecule has 0 radical (unpaired) electrons. The van der Waals surface area contributed by atoms with Crippen molar-refractivity contribution >= 4 is 18.3 Å². The number of rotatable bonds is 4. The van der Waals surface area contributed by atoms with Crippen molar-refractivity contribution in [2.24, 2.45) is 0 Å². The number of aldehydes is 1. The van der Waals surface area contributed by atoms with Gasteiger partial charge in [0.05, 0.1) is 6.42 Å². The van der Waals surface area contributed by atoms with E-state index in [4.69, 9.17) is 5.11 Å². The third-order valence-corrected chi connectivity index (χ3v) is 1.80. The first kappa shape index (κ1) is 11.0. The number of aromatic hydroxyl groups is 1. The average Bonchev–Trinajstić information content (AvgIpc) is 2.18. The molecule has 0 aliphatic carbocycles. The molecular formula is C11H10O4. The smallest absolute Gasteiger partial charge is 0.307 e. The summed E-state index contributed by atoms with van der Waals surface area (Å²) in [6, 6.07) is 4.47. The van der Waals surface area contributed by atoms with E-state index in [-0.39, 0.29) is 12.2 Å². The number of carbonyl (C=O) groups is 2. The maximum atomic E-state index is 10.4. The highest BCUT2D eigenvalue weighted by Crippen LogP contribution is 2.20. The highest BCUT2D eigenvalue weighted by atomic mass is 16.4. The molecule has 0 saturated carbocycles. The standard InChI is InChI=1S/C11H10O4/c12-5-1-2-9-6-8(7-11(14)15)3-4-10(9)13/h1-6,13H,7H2,(H,14,15). The maximum Gasteiger partial charge on any atom is 0.307 e. The van der Waals surface area contributed by atoms with Gasteiger partial charge in [0.15, 0.2) is 0 Å². The Balaban J connectivity index is 2.99. The van der Waals surface area contributed by atoms with E-state index < -0.39 is 5.97 Å². The van der Waals surface area contributed by atoms with Crippen molar-refractivity contribution in [1.29, 1.82) is 0 Å². The van der Waals surface area contributed by atoms with E-state index >= 15 is 0 Å². The van der Waals surface area contributed by atoms with Gasteiger partial charge in [-0.3, -0.25) is 9.59 Å². The van der Waals surface area contributed by atoms with Crippen LogP contribution in [0.15, 0.2) is 24.3 Å². The molecule has 0 aliphatic rings. The fourth-order valence-electron chi connectivity index (χ4n) is 1.17. The molecule has 0 bridgehead atoms. The largest absolute Gasteiger partial charge is 0.507 e. The number of benzene rings is 1. The molecule has 1 aromatic rings. The van der Waals surface area contributed by atoms with Gasteiger partial charge in [0.2, 0.25) is 0 Å². The third-order valence-electron chi connectivity index (χ3n) is 1.80. The second-order valence-corrected chi connectivity index (χ2v) is 2.96. The summed E-state index contributed by atoms with van der Waals surface area (Å²) in [4.78, 5) is 20.5. The highest BCUT2D eigenvalue weighted by molar-refractivity contribution is 5.76. The quantitative estimate of drug-likeness (QED) is 0.574. The molecule has 4 heteroatoms. The van der Waals surface area contributed by atoms with Crippen LogP contribution in [0.2, 0.25) is 0 Å². The summed E-state index contributed by atoms with van der Waals surface area (Å²) in [5.41, 5.74) is 1.01. The minimum Gasteiger partial charge on any atom is -0.507 e. The van der Waals surface area contributed by atoms with Gasteiger partial charge in [-0.25, -0.2) is 0 Å². The van der Waals surface area contributed by atoms with Crippen LogP contribution < -0.4 is 0 Å². The van der Waals surface area contributed by atoms with E-state index in [1.807, 2.05) is 0 Å². The van der Waals surface area contributed by atoms with E-state index in [1.165, 1.54) is 30.4 Å². The van der Waals surface area contributed by atoms with Crippen molar-refractivity contribution in [2.45, 2.75) is 6.42 Å². The van der Waals surface area contributed by atoms with E-state index in [1.54, 1.807) is 0 Å². The van der Waals surface area contributed by atoms with Crippen LogP contribution in [0, 0.1) is 0 Å². The Labute approximate surface area is 86.5 Å². The second kappa shape index (κ2) is 4.95. The zero-order valence-corrected chi connectivity index (χ0v) is 7.88. The van der Waals surface area contributed by atoms with Crippen molar-refractivity contribution in [2.75, 3.05) is 0 Å². The molecule has 0 amide bonds. The summed E-state index contributed by atoms with van der Waals surface area (Å²) in [6.07, 6.45) is 3.14. The van der Waals surface area contributed by atoms with Gasteiger partial charge in [-0.05, 0) is 29.8 Å². The fourth-order valence-corrected chi connectivity index (χ4v) is 1.17. The van der Waals surface area contributed by atoms with Crippen LogP contribution >= 0.6 is 0 Å². The molecule has 1 aromatic carbocycles. The van der Waals surface area contributed by atoms with Gasteiger partial charge in [0.25, 0.3) is 0 Å². The molecule has 0 fully saturated rings. The van der Waals surface area contributed by atoms with Gasteiger partial charge in [0.1, 0.15) is 12.0 Å². The van der Waals surface area contributed by atoms with Gasteiger partial charge >= 0.3 is 5.97 Å². The average molecular weight is 206 g/mol.